The van der Waals surface area contributed by atoms with Gasteiger partial charge in [0.15, 0.2) is 17.4 Å². The van der Waals surface area contributed by atoms with E-state index in [1.54, 1.807) is 4.90 Å². The Morgan fingerprint density at radius 1 is 1.30 bits per heavy atom. The number of rotatable bonds is 5. The second-order valence-corrected chi connectivity index (χ2v) is 6.15. The molecule has 2 atom stereocenters. The van der Waals surface area contributed by atoms with Gasteiger partial charge in [-0.05, 0) is 43.9 Å². The van der Waals surface area contributed by atoms with Crippen molar-refractivity contribution < 1.29 is 18.4 Å². The number of hydrogen-bond acceptors (Lipinski definition) is 3. The van der Waals surface area contributed by atoms with Gasteiger partial charge in [0.1, 0.15) is 0 Å². The average Bonchev–Trinajstić information content (AvgIpc) is 2.54. The molecule has 1 fully saturated rings. The van der Waals surface area contributed by atoms with Crippen molar-refractivity contribution in [3.05, 3.63) is 35.4 Å². The highest BCUT2D eigenvalue weighted by Gasteiger charge is 2.26. The molecule has 0 saturated carbocycles. The zero-order chi connectivity index (χ0) is 17.0. The Bertz CT molecular complexity index is 590. The van der Waals surface area contributed by atoms with Crippen LogP contribution in [0.15, 0.2) is 18.2 Å². The first-order valence-corrected chi connectivity index (χ1v) is 7.90. The van der Waals surface area contributed by atoms with Gasteiger partial charge in [0, 0.05) is 37.5 Å². The van der Waals surface area contributed by atoms with E-state index in [0.717, 1.165) is 25.0 Å². The van der Waals surface area contributed by atoms with Gasteiger partial charge in [-0.1, -0.05) is 0 Å². The van der Waals surface area contributed by atoms with Gasteiger partial charge in [0.2, 0.25) is 5.91 Å². The van der Waals surface area contributed by atoms with Crippen LogP contribution < -0.4 is 5.73 Å². The van der Waals surface area contributed by atoms with Crippen LogP contribution in [0.5, 0.6) is 0 Å². The van der Waals surface area contributed by atoms with Crippen LogP contribution in [-0.4, -0.2) is 35.7 Å². The van der Waals surface area contributed by atoms with Gasteiger partial charge >= 0.3 is 0 Å². The van der Waals surface area contributed by atoms with Crippen LogP contribution in [0.2, 0.25) is 0 Å². The molecular weight excluding hydrogens is 302 g/mol. The minimum absolute atomic E-state index is 0.0107. The molecule has 1 heterocycles. The maximum atomic E-state index is 13.1. The lowest BCUT2D eigenvalue weighted by molar-refractivity contribution is -0.133. The van der Waals surface area contributed by atoms with E-state index in [1.807, 2.05) is 6.92 Å². The minimum atomic E-state index is -1.06. The largest absolute Gasteiger partial charge is 0.342 e. The molecule has 126 valence electrons. The fourth-order valence-electron chi connectivity index (χ4n) is 2.86. The molecule has 1 aromatic rings. The third-order valence-electron chi connectivity index (χ3n) is 4.36. The summed E-state index contributed by atoms with van der Waals surface area (Å²) in [5.41, 5.74) is 5.98. The van der Waals surface area contributed by atoms with E-state index in [9.17, 15) is 18.4 Å². The molecular formula is C17H22F2N2O2. The van der Waals surface area contributed by atoms with Gasteiger partial charge in [-0.3, -0.25) is 9.59 Å². The summed E-state index contributed by atoms with van der Waals surface area (Å²) in [6, 6.07) is 3.06. The molecule has 1 saturated heterocycles. The van der Waals surface area contributed by atoms with E-state index in [0.29, 0.717) is 13.1 Å². The molecule has 0 aromatic heterocycles. The first-order valence-electron chi connectivity index (χ1n) is 7.90. The van der Waals surface area contributed by atoms with Crippen molar-refractivity contribution in [2.24, 2.45) is 11.7 Å². The van der Waals surface area contributed by atoms with Gasteiger partial charge in [0.05, 0.1) is 0 Å². The summed E-state index contributed by atoms with van der Waals surface area (Å²) in [5, 5.41) is 0. The van der Waals surface area contributed by atoms with Gasteiger partial charge in [-0.15, -0.1) is 0 Å². The predicted molar refractivity (Wildman–Crippen MR) is 82.9 cm³/mol. The average molecular weight is 324 g/mol. The molecule has 2 unspecified atom stereocenters. The minimum Gasteiger partial charge on any atom is -0.342 e. The number of Topliss-reactive ketones (excluding diaryl/α,β-unsaturated/α-hetero) is 1. The molecule has 1 aromatic carbocycles. The van der Waals surface area contributed by atoms with E-state index in [1.165, 1.54) is 6.07 Å². The summed E-state index contributed by atoms with van der Waals surface area (Å²) in [4.78, 5) is 26.0. The molecule has 0 bridgehead atoms. The van der Waals surface area contributed by atoms with E-state index in [-0.39, 0.29) is 42.1 Å². The number of likely N-dealkylation sites (tertiary alicyclic amines) is 1. The maximum Gasteiger partial charge on any atom is 0.223 e. The number of halogens is 2. The number of hydrogen-bond donors (Lipinski definition) is 1. The highest BCUT2D eigenvalue weighted by Crippen LogP contribution is 2.20. The van der Waals surface area contributed by atoms with Crippen molar-refractivity contribution >= 4 is 11.7 Å². The predicted octanol–water partition coefficient (Wildman–Crippen LogP) is 2.51. The number of carbonyl (C=O) groups excluding carboxylic acids is 2. The van der Waals surface area contributed by atoms with Crippen molar-refractivity contribution in [1.29, 1.82) is 0 Å². The van der Waals surface area contributed by atoms with E-state index < -0.39 is 11.6 Å². The Labute approximate surface area is 134 Å². The van der Waals surface area contributed by atoms with Crippen LogP contribution in [0.3, 0.4) is 0 Å². The first kappa shape index (κ1) is 17.5. The van der Waals surface area contributed by atoms with Gasteiger partial charge < -0.3 is 10.6 Å². The summed E-state index contributed by atoms with van der Waals surface area (Å²) < 4.78 is 26.0. The Balaban J connectivity index is 1.88. The lowest BCUT2D eigenvalue weighted by atomic mass is 9.92. The number of piperidine rings is 1. The fourth-order valence-corrected chi connectivity index (χ4v) is 2.86. The quantitative estimate of drug-likeness (QED) is 0.847. The van der Waals surface area contributed by atoms with Crippen LogP contribution in [0.4, 0.5) is 8.78 Å². The van der Waals surface area contributed by atoms with Crippen LogP contribution in [-0.2, 0) is 4.79 Å². The molecule has 0 aliphatic carbocycles. The van der Waals surface area contributed by atoms with Crippen LogP contribution in [0, 0.1) is 17.6 Å². The lowest BCUT2D eigenvalue weighted by Gasteiger charge is -2.34. The Morgan fingerprint density at radius 3 is 2.70 bits per heavy atom. The number of nitrogens with two attached hydrogens (primary N) is 1. The van der Waals surface area contributed by atoms with Crippen molar-refractivity contribution in [3.8, 4) is 0 Å². The van der Waals surface area contributed by atoms with Crippen molar-refractivity contribution in [2.75, 3.05) is 13.1 Å². The standard InChI is InChI=1S/C17H22F2N2O2/c1-11(20)13-3-2-8-21(10-13)17(23)7-6-16(22)12-4-5-14(18)15(19)9-12/h4-5,9,11,13H,2-3,6-8,10,20H2,1H3. The Morgan fingerprint density at radius 2 is 2.04 bits per heavy atom. The Kier molecular flexibility index (Phi) is 5.82. The molecule has 4 nitrogen and oxygen atoms in total. The number of ketones is 1. The Hall–Kier alpha value is -1.82. The van der Waals surface area contributed by atoms with Crippen molar-refractivity contribution in [2.45, 2.75) is 38.6 Å². The third-order valence-corrected chi connectivity index (χ3v) is 4.36. The molecule has 6 heteroatoms. The van der Waals surface area contributed by atoms with Crippen molar-refractivity contribution in [1.82, 2.24) is 4.90 Å². The van der Waals surface area contributed by atoms with Crippen molar-refractivity contribution in [3.63, 3.8) is 0 Å². The zero-order valence-corrected chi connectivity index (χ0v) is 13.2. The molecule has 0 radical (unpaired) electrons. The van der Waals surface area contributed by atoms with Gasteiger partial charge in [-0.2, -0.15) is 0 Å². The lowest BCUT2D eigenvalue weighted by Crippen LogP contribution is -2.45. The molecule has 2 rings (SSSR count). The summed E-state index contributed by atoms with van der Waals surface area (Å²) in [5.74, 6) is -2.22. The van der Waals surface area contributed by atoms with Crippen LogP contribution in [0.1, 0.15) is 43.0 Å². The topological polar surface area (TPSA) is 63.4 Å². The van der Waals surface area contributed by atoms with E-state index in [2.05, 4.69) is 0 Å². The van der Waals surface area contributed by atoms with Gasteiger partial charge in [-0.25, -0.2) is 8.78 Å². The monoisotopic (exact) mass is 324 g/mol. The number of benzene rings is 1. The highest BCUT2D eigenvalue weighted by molar-refractivity contribution is 5.97. The normalized spacial score (nSPS) is 19.5. The zero-order valence-electron chi connectivity index (χ0n) is 13.2. The molecule has 23 heavy (non-hydrogen) atoms. The molecule has 0 spiro atoms. The fraction of sp³-hybridized carbons (Fsp3) is 0.529. The maximum absolute atomic E-state index is 13.1. The second kappa shape index (κ2) is 7.64. The first-order chi connectivity index (χ1) is 10.9. The summed E-state index contributed by atoms with van der Waals surface area (Å²) in [6.45, 7) is 3.24. The second-order valence-electron chi connectivity index (χ2n) is 6.15. The molecule has 1 aliphatic rings. The molecule has 1 amide bonds. The number of carbonyl (C=O) groups is 2. The molecule has 2 N–H and O–H groups in total. The summed E-state index contributed by atoms with van der Waals surface area (Å²) in [7, 11) is 0. The van der Waals surface area contributed by atoms with Crippen LogP contribution >= 0.6 is 0 Å². The smallest absolute Gasteiger partial charge is 0.223 e. The summed E-state index contributed by atoms with van der Waals surface area (Å²) in [6.07, 6.45) is 1.98. The van der Waals surface area contributed by atoms with Gasteiger partial charge in [0.25, 0.3) is 0 Å². The highest BCUT2D eigenvalue weighted by atomic mass is 19.2. The SMILES string of the molecule is CC(N)C1CCCN(C(=O)CCC(=O)c2ccc(F)c(F)c2)C1. The van der Waals surface area contributed by atoms with E-state index >= 15 is 0 Å². The van der Waals surface area contributed by atoms with E-state index in [4.69, 9.17) is 5.73 Å². The van der Waals surface area contributed by atoms with Crippen LogP contribution in [0.25, 0.3) is 0 Å². The number of amides is 1. The number of nitrogens with zero attached hydrogens (tertiary/aromatic N) is 1. The molecule has 1 aliphatic heterocycles. The summed E-state index contributed by atoms with van der Waals surface area (Å²) >= 11 is 0. The third kappa shape index (κ3) is 4.58.